The Balaban J connectivity index is 1.80. The Morgan fingerprint density at radius 1 is 1.42 bits per heavy atom. The maximum atomic E-state index is 11.8. The Hall–Kier alpha value is -3.33. The Morgan fingerprint density at radius 2 is 2.27 bits per heavy atom. The van der Waals surface area contributed by atoms with Gasteiger partial charge in [0, 0.05) is 30.1 Å². The van der Waals surface area contributed by atoms with Gasteiger partial charge in [-0.15, -0.1) is 0 Å². The molecule has 0 saturated carbocycles. The van der Waals surface area contributed by atoms with Crippen LogP contribution in [0, 0.1) is 0 Å². The molecule has 26 heavy (non-hydrogen) atoms. The minimum Gasteiger partial charge on any atom is -0.494 e. The van der Waals surface area contributed by atoms with Crippen molar-refractivity contribution in [2.75, 3.05) is 25.3 Å². The number of nitrogens with two attached hydrogens (primary N) is 1. The van der Waals surface area contributed by atoms with E-state index in [-0.39, 0.29) is 6.61 Å². The normalized spacial score (nSPS) is 15.9. The summed E-state index contributed by atoms with van der Waals surface area (Å²) in [6.07, 6.45) is 7.08. The van der Waals surface area contributed by atoms with Gasteiger partial charge in [-0.25, -0.2) is 10.0 Å². The number of carbonyl (C=O) groups excluding carboxylic acids is 1. The van der Waals surface area contributed by atoms with Crippen molar-refractivity contribution >= 4 is 28.7 Å². The summed E-state index contributed by atoms with van der Waals surface area (Å²) in [5.74, 6) is 0.619. The van der Waals surface area contributed by atoms with Gasteiger partial charge >= 0.3 is 0 Å². The number of methoxy groups -OCH3 is 1. The number of aliphatic hydroxyl groups is 1. The number of hydrazine groups is 1. The van der Waals surface area contributed by atoms with E-state index < -0.39 is 5.91 Å². The fourth-order valence-electron chi connectivity index (χ4n) is 3.13. The lowest BCUT2D eigenvalue weighted by atomic mass is 10.2. The largest absolute Gasteiger partial charge is 0.494 e. The minimum absolute atomic E-state index is 0.00985. The van der Waals surface area contributed by atoms with E-state index in [1.807, 2.05) is 29.5 Å². The first-order chi connectivity index (χ1) is 12.6. The van der Waals surface area contributed by atoms with Crippen LogP contribution in [0.1, 0.15) is 0 Å². The standard InChI is InChI=1S/C17H18N6O3/c1-26-15-8-13-11(9-21(20-13)5-6-24)7-14(15)23-10-12(16(18)25)17-19-3-2-4-22(17)23/h2-4,7-9,24H,5-6,10H2,1H3,(H2,18,25). The van der Waals surface area contributed by atoms with Crippen molar-refractivity contribution in [3.8, 4) is 5.75 Å². The van der Waals surface area contributed by atoms with Gasteiger partial charge in [0.1, 0.15) is 11.4 Å². The van der Waals surface area contributed by atoms with E-state index in [0.717, 1.165) is 16.6 Å². The number of nitrogens with zero attached hydrogens (tertiary/aromatic N) is 5. The monoisotopic (exact) mass is 354 g/mol. The highest BCUT2D eigenvalue weighted by Crippen LogP contribution is 2.38. The molecule has 0 unspecified atom stereocenters. The number of carbonyl (C=O) groups is 1. The average Bonchev–Trinajstić information content (AvgIpc) is 3.21. The molecule has 2 aliphatic rings. The summed E-state index contributed by atoms with van der Waals surface area (Å²) in [6, 6.07) is 3.76. The number of aromatic nitrogens is 2. The van der Waals surface area contributed by atoms with Gasteiger partial charge in [-0.1, -0.05) is 0 Å². The van der Waals surface area contributed by atoms with Crippen LogP contribution in [0.4, 0.5) is 5.69 Å². The third-order valence-corrected chi connectivity index (χ3v) is 4.32. The predicted molar refractivity (Wildman–Crippen MR) is 96.4 cm³/mol. The van der Waals surface area contributed by atoms with E-state index >= 15 is 0 Å². The highest BCUT2D eigenvalue weighted by atomic mass is 16.5. The Morgan fingerprint density at radius 3 is 3.00 bits per heavy atom. The van der Waals surface area contributed by atoms with Crippen LogP contribution in [0.25, 0.3) is 10.9 Å². The van der Waals surface area contributed by atoms with Crippen LogP contribution >= 0.6 is 0 Å². The second kappa shape index (κ2) is 6.19. The maximum absolute atomic E-state index is 11.8. The van der Waals surface area contributed by atoms with Gasteiger partial charge in [-0.3, -0.25) is 14.5 Å². The molecular formula is C17H18N6O3. The van der Waals surface area contributed by atoms with Crippen LogP contribution in [-0.2, 0) is 11.3 Å². The zero-order valence-electron chi connectivity index (χ0n) is 14.2. The molecule has 0 saturated heterocycles. The summed E-state index contributed by atoms with van der Waals surface area (Å²) in [7, 11) is 1.58. The molecular weight excluding hydrogens is 336 g/mol. The fourth-order valence-corrected chi connectivity index (χ4v) is 3.13. The number of anilines is 1. The van der Waals surface area contributed by atoms with Gasteiger partial charge in [0.15, 0.2) is 5.82 Å². The molecule has 134 valence electrons. The number of aliphatic imine (C=N–C) groups is 1. The molecule has 0 bridgehead atoms. The smallest absolute Gasteiger partial charge is 0.250 e. The van der Waals surface area contributed by atoms with E-state index in [4.69, 9.17) is 15.6 Å². The minimum atomic E-state index is -0.504. The predicted octanol–water partition coefficient (Wildman–Crippen LogP) is 0.369. The molecule has 1 aromatic heterocycles. The summed E-state index contributed by atoms with van der Waals surface area (Å²) < 4.78 is 7.23. The SMILES string of the molecule is COc1cc2nn(CCO)cc2cc1N1CC(C(N)=O)=C2N=CC=CN21. The van der Waals surface area contributed by atoms with Gasteiger partial charge in [-0.05, 0) is 12.1 Å². The van der Waals surface area contributed by atoms with Gasteiger partial charge < -0.3 is 15.6 Å². The lowest BCUT2D eigenvalue weighted by molar-refractivity contribution is -0.114. The third-order valence-electron chi connectivity index (χ3n) is 4.32. The number of primary amides is 1. The molecule has 0 fully saturated rings. The molecule has 2 aliphatic heterocycles. The Kier molecular flexibility index (Phi) is 3.85. The first-order valence-electron chi connectivity index (χ1n) is 8.09. The van der Waals surface area contributed by atoms with E-state index in [9.17, 15) is 4.79 Å². The van der Waals surface area contributed by atoms with Crippen LogP contribution in [0.2, 0.25) is 0 Å². The van der Waals surface area contributed by atoms with E-state index in [1.54, 1.807) is 29.1 Å². The van der Waals surface area contributed by atoms with Crippen molar-refractivity contribution < 1.29 is 14.6 Å². The van der Waals surface area contributed by atoms with Gasteiger partial charge in [0.2, 0.25) is 5.91 Å². The fraction of sp³-hybridized carbons (Fsp3) is 0.235. The second-order valence-electron chi connectivity index (χ2n) is 5.89. The van der Waals surface area contributed by atoms with Gasteiger partial charge in [0.25, 0.3) is 0 Å². The van der Waals surface area contributed by atoms with Crippen LogP contribution in [-0.4, -0.2) is 52.3 Å². The number of fused-ring (bicyclic) bond motifs is 2. The first-order valence-corrected chi connectivity index (χ1v) is 8.09. The number of benzene rings is 1. The molecule has 1 amide bonds. The Bertz CT molecular complexity index is 974. The number of ether oxygens (including phenoxy) is 1. The second-order valence-corrected chi connectivity index (χ2v) is 5.89. The number of rotatable bonds is 5. The molecule has 2 aromatic rings. The molecule has 0 spiro atoms. The molecule has 4 rings (SSSR count). The summed E-state index contributed by atoms with van der Waals surface area (Å²) in [5, 5.41) is 18.1. The van der Waals surface area contributed by atoms with E-state index in [0.29, 0.717) is 30.2 Å². The van der Waals surface area contributed by atoms with Crippen LogP contribution in [0.15, 0.2) is 47.0 Å². The number of amides is 1. The summed E-state index contributed by atoms with van der Waals surface area (Å²) in [6.45, 7) is 0.714. The third kappa shape index (κ3) is 2.49. The van der Waals surface area contributed by atoms with Crippen molar-refractivity contribution in [2.24, 2.45) is 10.7 Å². The van der Waals surface area contributed by atoms with Crippen molar-refractivity contribution in [1.29, 1.82) is 0 Å². The zero-order chi connectivity index (χ0) is 18.3. The average molecular weight is 354 g/mol. The molecule has 0 atom stereocenters. The first kappa shape index (κ1) is 16.2. The molecule has 9 nitrogen and oxygen atoms in total. The Labute approximate surface area is 149 Å². The van der Waals surface area contributed by atoms with E-state index in [2.05, 4.69) is 10.1 Å². The van der Waals surface area contributed by atoms with Crippen LogP contribution in [0.5, 0.6) is 5.75 Å². The number of allylic oxidation sites excluding steroid dienone is 1. The molecule has 1 aromatic carbocycles. The highest BCUT2D eigenvalue weighted by molar-refractivity contribution is 5.96. The topological polar surface area (TPSA) is 109 Å². The number of hydrogen-bond acceptors (Lipinski definition) is 7. The van der Waals surface area contributed by atoms with Crippen molar-refractivity contribution in [1.82, 2.24) is 14.8 Å². The lowest BCUT2D eigenvalue weighted by Gasteiger charge is -2.31. The van der Waals surface area contributed by atoms with Crippen molar-refractivity contribution in [3.05, 3.63) is 42.0 Å². The van der Waals surface area contributed by atoms with E-state index in [1.165, 1.54) is 0 Å². The van der Waals surface area contributed by atoms with Crippen molar-refractivity contribution in [3.63, 3.8) is 0 Å². The van der Waals surface area contributed by atoms with Crippen LogP contribution < -0.4 is 15.5 Å². The van der Waals surface area contributed by atoms with Crippen molar-refractivity contribution in [2.45, 2.75) is 6.54 Å². The quantitative estimate of drug-likeness (QED) is 0.803. The van der Waals surface area contributed by atoms with Gasteiger partial charge in [-0.2, -0.15) is 5.10 Å². The van der Waals surface area contributed by atoms with Crippen LogP contribution in [0.3, 0.4) is 0 Å². The summed E-state index contributed by atoms with van der Waals surface area (Å²) in [4.78, 5) is 16.1. The highest BCUT2D eigenvalue weighted by Gasteiger charge is 2.34. The number of aliphatic hydroxyl groups excluding tert-OH is 1. The van der Waals surface area contributed by atoms with Gasteiger partial charge in [0.05, 0.1) is 37.9 Å². The molecule has 0 aliphatic carbocycles. The molecule has 9 heteroatoms. The maximum Gasteiger partial charge on any atom is 0.250 e. The molecule has 3 N–H and O–H groups in total. The lowest BCUT2D eigenvalue weighted by Crippen LogP contribution is -2.34. The zero-order valence-corrected chi connectivity index (χ0v) is 14.2. The molecule has 0 radical (unpaired) electrons. The summed E-state index contributed by atoms with van der Waals surface area (Å²) >= 11 is 0. The summed E-state index contributed by atoms with van der Waals surface area (Å²) in [5.41, 5.74) is 7.48. The number of hydrogen-bond donors (Lipinski definition) is 2. The molecule has 3 heterocycles.